The molecule has 0 spiro atoms. The Balaban J connectivity index is 3.31. The van der Waals surface area contributed by atoms with Gasteiger partial charge in [0.15, 0.2) is 0 Å². The van der Waals surface area contributed by atoms with Gasteiger partial charge in [-0.2, -0.15) is 0 Å². The molecule has 0 fully saturated rings. The van der Waals surface area contributed by atoms with Gasteiger partial charge in [0.25, 0.3) is 0 Å². The zero-order valence-corrected chi connectivity index (χ0v) is 14.4. The SMILES string of the molecule is CC(C)(C)OC(=O)CCCCCCCCCCC(N)C(=O)O. The highest BCUT2D eigenvalue weighted by atomic mass is 16.6. The monoisotopic (exact) mass is 315 g/mol. The highest BCUT2D eigenvalue weighted by Gasteiger charge is 2.15. The molecule has 22 heavy (non-hydrogen) atoms. The topological polar surface area (TPSA) is 89.6 Å². The molecular formula is C17H33NO4. The van der Waals surface area contributed by atoms with Crippen LogP contribution in [0.2, 0.25) is 0 Å². The molecule has 5 nitrogen and oxygen atoms in total. The molecular weight excluding hydrogens is 282 g/mol. The minimum Gasteiger partial charge on any atom is -0.480 e. The Kier molecular flexibility index (Phi) is 10.9. The molecule has 1 atom stereocenters. The van der Waals surface area contributed by atoms with Crippen LogP contribution in [-0.4, -0.2) is 28.7 Å². The number of nitrogens with two attached hydrogens (primary N) is 1. The Morgan fingerprint density at radius 2 is 1.41 bits per heavy atom. The molecule has 5 heteroatoms. The molecule has 130 valence electrons. The van der Waals surface area contributed by atoms with E-state index in [1.165, 1.54) is 6.42 Å². The normalized spacial score (nSPS) is 12.9. The van der Waals surface area contributed by atoms with E-state index < -0.39 is 12.0 Å². The van der Waals surface area contributed by atoms with Gasteiger partial charge >= 0.3 is 11.9 Å². The average molecular weight is 315 g/mol. The minimum absolute atomic E-state index is 0.109. The largest absolute Gasteiger partial charge is 0.480 e. The van der Waals surface area contributed by atoms with Crippen LogP contribution in [-0.2, 0) is 14.3 Å². The van der Waals surface area contributed by atoms with Crippen LogP contribution in [0.3, 0.4) is 0 Å². The van der Waals surface area contributed by atoms with E-state index in [0.717, 1.165) is 44.9 Å². The lowest BCUT2D eigenvalue weighted by atomic mass is 10.0. The molecule has 0 saturated heterocycles. The van der Waals surface area contributed by atoms with Crippen molar-refractivity contribution in [3.8, 4) is 0 Å². The molecule has 0 radical (unpaired) electrons. The Hall–Kier alpha value is -1.10. The third kappa shape index (κ3) is 13.9. The summed E-state index contributed by atoms with van der Waals surface area (Å²) in [4.78, 5) is 22.0. The van der Waals surface area contributed by atoms with Gasteiger partial charge in [0, 0.05) is 6.42 Å². The summed E-state index contributed by atoms with van der Waals surface area (Å²) in [6.07, 6.45) is 9.52. The van der Waals surface area contributed by atoms with Gasteiger partial charge in [0.2, 0.25) is 0 Å². The molecule has 0 aliphatic heterocycles. The number of unbranched alkanes of at least 4 members (excludes halogenated alkanes) is 7. The van der Waals surface area contributed by atoms with Crippen LogP contribution in [0.4, 0.5) is 0 Å². The lowest BCUT2D eigenvalue weighted by Gasteiger charge is -2.19. The zero-order chi connectivity index (χ0) is 17.0. The van der Waals surface area contributed by atoms with E-state index in [-0.39, 0.29) is 11.6 Å². The first kappa shape index (κ1) is 20.9. The maximum atomic E-state index is 11.5. The van der Waals surface area contributed by atoms with Crippen LogP contribution in [0, 0.1) is 0 Å². The van der Waals surface area contributed by atoms with Crippen LogP contribution in [0.1, 0.15) is 85.0 Å². The third-order valence-corrected chi connectivity index (χ3v) is 3.38. The van der Waals surface area contributed by atoms with Crippen LogP contribution in [0.5, 0.6) is 0 Å². The number of carbonyl (C=O) groups is 2. The summed E-state index contributed by atoms with van der Waals surface area (Å²) in [5.74, 6) is -1.02. The second kappa shape index (κ2) is 11.5. The van der Waals surface area contributed by atoms with Gasteiger partial charge in [-0.3, -0.25) is 9.59 Å². The molecule has 0 heterocycles. The smallest absolute Gasteiger partial charge is 0.320 e. The Bertz CT molecular complexity index is 323. The van der Waals surface area contributed by atoms with E-state index in [1.54, 1.807) is 0 Å². The Morgan fingerprint density at radius 3 is 1.86 bits per heavy atom. The van der Waals surface area contributed by atoms with Gasteiger partial charge in [0.1, 0.15) is 11.6 Å². The molecule has 0 aromatic rings. The van der Waals surface area contributed by atoms with Gasteiger partial charge in [-0.25, -0.2) is 0 Å². The molecule has 0 aromatic heterocycles. The fraction of sp³-hybridized carbons (Fsp3) is 0.882. The number of ether oxygens (including phenoxy) is 1. The van der Waals surface area contributed by atoms with Gasteiger partial charge in [-0.15, -0.1) is 0 Å². The number of aliphatic carboxylic acids is 1. The third-order valence-electron chi connectivity index (χ3n) is 3.38. The second-order valence-corrected chi connectivity index (χ2v) is 6.90. The number of carboxylic acids is 1. The van der Waals surface area contributed by atoms with E-state index in [1.807, 2.05) is 20.8 Å². The lowest BCUT2D eigenvalue weighted by molar-refractivity contribution is -0.155. The van der Waals surface area contributed by atoms with E-state index in [4.69, 9.17) is 15.6 Å². The van der Waals surface area contributed by atoms with E-state index in [0.29, 0.717) is 12.8 Å². The number of esters is 1. The van der Waals surface area contributed by atoms with Crippen molar-refractivity contribution in [3.63, 3.8) is 0 Å². The maximum absolute atomic E-state index is 11.5. The number of carboxylic acid groups (broad SMARTS) is 1. The van der Waals surface area contributed by atoms with Gasteiger partial charge in [-0.1, -0.05) is 44.9 Å². The van der Waals surface area contributed by atoms with Crippen molar-refractivity contribution in [1.29, 1.82) is 0 Å². The highest BCUT2D eigenvalue weighted by Crippen LogP contribution is 2.13. The van der Waals surface area contributed by atoms with Crippen molar-refractivity contribution in [1.82, 2.24) is 0 Å². The number of carbonyl (C=O) groups excluding carboxylic acids is 1. The fourth-order valence-corrected chi connectivity index (χ4v) is 2.21. The number of rotatable bonds is 12. The summed E-state index contributed by atoms with van der Waals surface area (Å²) in [7, 11) is 0. The standard InChI is InChI=1S/C17H33NO4/c1-17(2,3)22-15(19)13-11-9-7-5-4-6-8-10-12-14(18)16(20)21/h14H,4-13,18H2,1-3H3,(H,20,21). The summed E-state index contributed by atoms with van der Waals surface area (Å²) in [6, 6.07) is -0.715. The van der Waals surface area contributed by atoms with Crippen molar-refractivity contribution >= 4 is 11.9 Å². The van der Waals surface area contributed by atoms with Gasteiger partial charge < -0.3 is 15.6 Å². The summed E-state index contributed by atoms with van der Waals surface area (Å²) in [5.41, 5.74) is 5.05. The van der Waals surface area contributed by atoms with Crippen molar-refractivity contribution in [3.05, 3.63) is 0 Å². The molecule has 0 aromatic carbocycles. The van der Waals surface area contributed by atoms with Gasteiger partial charge in [-0.05, 0) is 33.6 Å². The van der Waals surface area contributed by atoms with Crippen LogP contribution in [0.25, 0.3) is 0 Å². The van der Waals surface area contributed by atoms with Crippen molar-refractivity contribution in [2.75, 3.05) is 0 Å². The van der Waals surface area contributed by atoms with Crippen LogP contribution in [0.15, 0.2) is 0 Å². The minimum atomic E-state index is -0.912. The first-order chi connectivity index (χ1) is 10.2. The number of hydrogen-bond acceptors (Lipinski definition) is 4. The maximum Gasteiger partial charge on any atom is 0.320 e. The van der Waals surface area contributed by atoms with Crippen LogP contribution >= 0.6 is 0 Å². The first-order valence-electron chi connectivity index (χ1n) is 8.42. The van der Waals surface area contributed by atoms with Crippen molar-refractivity contribution in [2.24, 2.45) is 5.73 Å². The molecule has 3 N–H and O–H groups in total. The molecule has 0 amide bonds. The van der Waals surface area contributed by atoms with Crippen LogP contribution < -0.4 is 5.73 Å². The molecule has 0 aliphatic carbocycles. The summed E-state index contributed by atoms with van der Waals surface area (Å²) >= 11 is 0. The van der Waals surface area contributed by atoms with Crippen molar-refractivity contribution < 1.29 is 19.4 Å². The van der Waals surface area contributed by atoms with E-state index in [9.17, 15) is 9.59 Å². The molecule has 0 bridgehead atoms. The molecule has 0 aliphatic rings. The Morgan fingerprint density at radius 1 is 0.955 bits per heavy atom. The average Bonchev–Trinajstić information content (AvgIpc) is 2.38. The summed E-state index contributed by atoms with van der Waals surface area (Å²) in [6.45, 7) is 5.65. The van der Waals surface area contributed by atoms with Gasteiger partial charge in [0.05, 0.1) is 0 Å². The molecule has 0 saturated carbocycles. The van der Waals surface area contributed by atoms with Crippen molar-refractivity contribution in [2.45, 2.75) is 96.6 Å². The predicted octanol–water partition coefficient (Wildman–Crippen LogP) is 3.64. The lowest BCUT2D eigenvalue weighted by Crippen LogP contribution is -2.29. The summed E-state index contributed by atoms with van der Waals surface area (Å²) in [5, 5.41) is 8.65. The second-order valence-electron chi connectivity index (χ2n) is 6.90. The van der Waals surface area contributed by atoms with E-state index in [2.05, 4.69) is 0 Å². The Labute approximate surface area is 134 Å². The van der Waals surface area contributed by atoms with E-state index >= 15 is 0 Å². The first-order valence-corrected chi connectivity index (χ1v) is 8.42. The number of hydrogen-bond donors (Lipinski definition) is 2. The summed E-state index contributed by atoms with van der Waals surface area (Å²) < 4.78 is 5.25. The molecule has 1 unspecified atom stereocenters. The highest BCUT2D eigenvalue weighted by molar-refractivity contribution is 5.72. The molecule has 0 rings (SSSR count). The zero-order valence-electron chi connectivity index (χ0n) is 14.4. The quantitative estimate of drug-likeness (QED) is 0.424. The fourth-order valence-electron chi connectivity index (χ4n) is 2.21. The predicted molar refractivity (Wildman–Crippen MR) is 87.6 cm³/mol.